The normalized spacial score (nSPS) is 12.5. The van der Waals surface area contributed by atoms with Crippen LogP contribution in [-0.4, -0.2) is 17.1 Å². The maximum absolute atomic E-state index is 12.7. The van der Waals surface area contributed by atoms with Gasteiger partial charge >= 0.3 is 5.97 Å². The van der Waals surface area contributed by atoms with Crippen molar-refractivity contribution in [2.75, 3.05) is 0 Å². The van der Waals surface area contributed by atoms with Crippen molar-refractivity contribution in [2.24, 2.45) is 5.73 Å². The number of hydrogen-bond donors (Lipinski definition) is 2. The SMILES string of the molecule is N[C@H](CCc1ccc(F)c(F)c1)C(=O)O. The minimum atomic E-state index is -1.10. The average Bonchev–Trinajstić information content (AvgIpc) is 2.19. The summed E-state index contributed by atoms with van der Waals surface area (Å²) in [5, 5.41) is 8.50. The number of benzene rings is 1. The first-order valence-corrected chi connectivity index (χ1v) is 4.43. The van der Waals surface area contributed by atoms with E-state index in [0.717, 1.165) is 12.1 Å². The molecular formula is C10H11F2NO2. The van der Waals surface area contributed by atoms with Gasteiger partial charge in [-0.2, -0.15) is 0 Å². The molecule has 0 saturated heterocycles. The molecule has 0 spiro atoms. The summed E-state index contributed by atoms with van der Waals surface area (Å²) in [6, 6.07) is 2.49. The molecule has 0 aliphatic carbocycles. The highest BCUT2D eigenvalue weighted by molar-refractivity contribution is 5.73. The van der Waals surface area contributed by atoms with E-state index in [1.165, 1.54) is 6.07 Å². The number of aryl methyl sites for hydroxylation is 1. The van der Waals surface area contributed by atoms with Gasteiger partial charge in [-0.3, -0.25) is 4.79 Å². The number of nitrogens with two attached hydrogens (primary N) is 1. The van der Waals surface area contributed by atoms with Crippen LogP contribution >= 0.6 is 0 Å². The molecular weight excluding hydrogens is 204 g/mol. The summed E-state index contributed by atoms with van der Waals surface area (Å²) in [5.74, 6) is -2.95. The first-order chi connectivity index (χ1) is 7.00. The summed E-state index contributed by atoms with van der Waals surface area (Å²) in [6.07, 6.45) is 0.505. The van der Waals surface area contributed by atoms with Crippen LogP contribution in [0.1, 0.15) is 12.0 Å². The number of halogens is 2. The van der Waals surface area contributed by atoms with Gasteiger partial charge in [0.1, 0.15) is 6.04 Å². The molecule has 82 valence electrons. The first-order valence-electron chi connectivity index (χ1n) is 4.43. The standard InChI is InChI=1S/C10H11F2NO2/c11-7-3-1-6(5-8(7)12)2-4-9(13)10(14)15/h1,3,5,9H,2,4,13H2,(H,14,15)/t9-/m1/s1. The van der Waals surface area contributed by atoms with Gasteiger partial charge in [0.2, 0.25) is 0 Å². The molecule has 0 unspecified atom stereocenters. The zero-order chi connectivity index (χ0) is 11.4. The lowest BCUT2D eigenvalue weighted by Crippen LogP contribution is -2.30. The lowest BCUT2D eigenvalue weighted by molar-refractivity contribution is -0.138. The lowest BCUT2D eigenvalue weighted by Gasteiger charge is -2.06. The predicted molar refractivity (Wildman–Crippen MR) is 50.3 cm³/mol. The first kappa shape index (κ1) is 11.6. The number of aliphatic carboxylic acids is 1. The molecule has 3 nitrogen and oxygen atoms in total. The van der Waals surface area contributed by atoms with Crippen molar-refractivity contribution in [3.8, 4) is 0 Å². The Labute approximate surface area is 85.5 Å². The molecule has 0 heterocycles. The second-order valence-electron chi connectivity index (χ2n) is 3.23. The van der Waals surface area contributed by atoms with Gasteiger partial charge in [-0.05, 0) is 30.5 Å². The maximum atomic E-state index is 12.7. The summed E-state index contributed by atoms with van der Waals surface area (Å²) in [4.78, 5) is 10.4. The Morgan fingerprint density at radius 1 is 1.40 bits per heavy atom. The Balaban J connectivity index is 2.58. The quantitative estimate of drug-likeness (QED) is 0.795. The molecule has 0 amide bonds. The molecule has 15 heavy (non-hydrogen) atoms. The number of carboxylic acid groups (broad SMARTS) is 1. The van der Waals surface area contributed by atoms with Crippen LogP contribution in [-0.2, 0) is 11.2 Å². The molecule has 3 N–H and O–H groups in total. The minimum Gasteiger partial charge on any atom is -0.480 e. The fourth-order valence-corrected chi connectivity index (χ4v) is 1.14. The maximum Gasteiger partial charge on any atom is 0.320 e. The molecule has 0 aromatic heterocycles. The van der Waals surface area contributed by atoms with E-state index in [0.29, 0.717) is 12.0 Å². The third kappa shape index (κ3) is 3.28. The van der Waals surface area contributed by atoms with Gasteiger partial charge in [0, 0.05) is 0 Å². The summed E-state index contributed by atoms with van der Waals surface area (Å²) in [7, 11) is 0. The minimum absolute atomic E-state index is 0.195. The van der Waals surface area contributed by atoms with E-state index < -0.39 is 23.6 Å². The lowest BCUT2D eigenvalue weighted by atomic mass is 10.1. The van der Waals surface area contributed by atoms with E-state index in [2.05, 4.69) is 0 Å². The van der Waals surface area contributed by atoms with E-state index in [9.17, 15) is 13.6 Å². The van der Waals surface area contributed by atoms with E-state index in [1.807, 2.05) is 0 Å². The molecule has 0 aliphatic heterocycles. The van der Waals surface area contributed by atoms with Crippen LogP contribution in [0.2, 0.25) is 0 Å². The van der Waals surface area contributed by atoms with Crippen molar-refractivity contribution in [3.63, 3.8) is 0 Å². The summed E-state index contributed by atoms with van der Waals surface area (Å²) in [5.41, 5.74) is 5.80. The fraction of sp³-hybridized carbons (Fsp3) is 0.300. The van der Waals surface area contributed by atoms with Crippen molar-refractivity contribution in [3.05, 3.63) is 35.4 Å². The van der Waals surface area contributed by atoms with Gasteiger partial charge in [0.25, 0.3) is 0 Å². The number of hydrogen-bond acceptors (Lipinski definition) is 2. The molecule has 0 bridgehead atoms. The number of rotatable bonds is 4. The van der Waals surface area contributed by atoms with Gasteiger partial charge < -0.3 is 10.8 Å². The van der Waals surface area contributed by atoms with Crippen molar-refractivity contribution in [1.29, 1.82) is 0 Å². The highest BCUT2D eigenvalue weighted by atomic mass is 19.2. The average molecular weight is 215 g/mol. The third-order valence-corrected chi connectivity index (χ3v) is 2.05. The molecule has 1 aromatic carbocycles. The molecule has 1 atom stereocenters. The Hall–Kier alpha value is -1.49. The monoisotopic (exact) mass is 215 g/mol. The van der Waals surface area contributed by atoms with Crippen LogP contribution in [0.15, 0.2) is 18.2 Å². The topological polar surface area (TPSA) is 63.3 Å². The van der Waals surface area contributed by atoms with E-state index in [-0.39, 0.29) is 6.42 Å². The Morgan fingerprint density at radius 3 is 2.60 bits per heavy atom. The van der Waals surface area contributed by atoms with Gasteiger partial charge in [-0.25, -0.2) is 8.78 Å². The molecule has 0 fully saturated rings. The summed E-state index contributed by atoms with van der Waals surface area (Å²) in [6.45, 7) is 0. The van der Waals surface area contributed by atoms with Crippen LogP contribution < -0.4 is 5.73 Å². The van der Waals surface area contributed by atoms with Crippen LogP contribution in [0.3, 0.4) is 0 Å². The van der Waals surface area contributed by atoms with Crippen molar-refractivity contribution >= 4 is 5.97 Å². The van der Waals surface area contributed by atoms with E-state index >= 15 is 0 Å². The Bertz CT molecular complexity index is 368. The molecule has 0 saturated carbocycles. The van der Waals surface area contributed by atoms with Crippen LogP contribution in [0.25, 0.3) is 0 Å². The van der Waals surface area contributed by atoms with Gasteiger partial charge in [-0.15, -0.1) is 0 Å². The van der Waals surface area contributed by atoms with Gasteiger partial charge in [-0.1, -0.05) is 6.07 Å². The molecule has 5 heteroatoms. The van der Waals surface area contributed by atoms with Crippen molar-refractivity contribution in [2.45, 2.75) is 18.9 Å². The van der Waals surface area contributed by atoms with Crippen LogP contribution in [0.5, 0.6) is 0 Å². The zero-order valence-electron chi connectivity index (χ0n) is 7.91. The summed E-state index contributed by atoms with van der Waals surface area (Å²) < 4.78 is 25.3. The largest absolute Gasteiger partial charge is 0.480 e. The Kier molecular flexibility index (Phi) is 3.74. The molecule has 0 radical (unpaired) electrons. The third-order valence-electron chi connectivity index (χ3n) is 2.05. The van der Waals surface area contributed by atoms with Gasteiger partial charge in [0.15, 0.2) is 11.6 Å². The van der Waals surface area contributed by atoms with Crippen LogP contribution in [0, 0.1) is 11.6 Å². The molecule has 1 rings (SSSR count). The second-order valence-corrected chi connectivity index (χ2v) is 3.23. The van der Waals surface area contributed by atoms with Gasteiger partial charge in [0.05, 0.1) is 0 Å². The van der Waals surface area contributed by atoms with E-state index in [4.69, 9.17) is 10.8 Å². The van der Waals surface area contributed by atoms with E-state index in [1.54, 1.807) is 0 Å². The molecule has 1 aromatic rings. The highest BCUT2D eigenvalue weighted by Crippen LogP contribution is 2.10. The summed E-state index contributed by atoms with van der Waals surface area (Å²) >= 11 is 0. The smallest absolute Gasteiger partial charge is 0.320 e. The van der Waals surface area contributed by atoms with Crippen molar-refractivity contribution < 1.29 is 18.7 Å². The fourth-order valence-electron chi connectivity index (χ4n) is 1.14. The van der Waals surface area contributed by atoms with Crippen LogP contribution in [0.4, 0.5) is 8.78 Å². The molecule has 0 aliphatic rings. The second kappa shape index (κ2) is 4.84. The number of carbonyl (C=O) groups is 1. The Morgan fingerprint density at radius 2 is 2.07 bits per heavy atom. The predicted octanol–water partition coefficient (Wildman–Crippen LogP) is 1.31. The zero-order valence-corrected chi connectivity index (χ0v) is 7.91. The van der Waals surface area contributed by atoms with Crippen molar-refractivity contribution in [1.82, 2.24) is 0 Å². The number of carboxylic acids is 1. The highest BCUT2D eigenvalue weighted by Gasteiger charge is 2.11.